The molecule has 1 aliphatic rings. The molecule has 0 atom stereocenters. The molecule has 31 heavy (non-hydrogen) atoms. The molecule has 3 aromatic rings. The van der Waals surface area contributed by atoms with Gasteiger partial charge in [-0.05, 0) is 49.7 Å². The Morgan fingerprint density at radius 1 is 1.10 bits per heavy atom. The predicted molar refractivity (Wildman–Crippen MR) is 117 cm³/mol. The van der Waals surface area contributed by atoms with E-state index in [9.17, 15) is 9.59 Å². The van der Waals surface area contributed by atoms with Gasteiger partial charge in [-0.3, -0.25) is 4.79 Å². The second-order valence-corrected chi connectivity index (χ2v) is 7.88. The van der Waals surface area contributed by atoms with Gasteiger partial charge < -0.3 is 19.5 Å². The van der Waals surface area contributed by atoms with Crippen LogP contribution in [0, 0.1) is 13.8 Å². The third-order valence-electron chi connectivity index (χ3n) is 4.52. The molecular weight excluding hydrogens is 416 g/mol. The Hall–Kier alpha value is -3.52. The fourth-order valence-corrected chi connectivity index (χ4v) is 3.82. The maximum absolute atomic E-state index is 12.7. The van der Waals surface area contributed by atoms with Crippen molar-refractivity contribution in [2.24, 2.45) is 0 Å². The van der Waals surface area contributed by atoms with Crippen molar-refractivity contribution in [2.45, 2.75) is 18.9 Å². The summed E-state index contributed by atoms with van der Waals surface area (Å²) < 4.78 is 16.1. The van der Waals surface area contributed by atoms with Gasteiger partial charge in [-0.25, -0.2) is 9.78 Å². The van der Waals surface area contributed by atoms with Crippen LogP contribution in [0.5, 0.6) is 17.2 Å². The summed E-state index contributed by atoms with van der Waals surface area (Å²) in [5.74, 6) is 1.06. The van der Waals surface area contributed by atoms with Crippen LogP contribution in [0.25, 0.3) is 0 Å². The van der Waals surface area contributed by atoms with Crippen LogP contribution in [-0.2, 0) is 4.79 Å². The lowest BCUT2D eigenvalue weighted by atomic mass is 10.1. The molecule has 2 heterocycles. The van der Waals surface area contributed by atoms with Gasteiger partial charge in [-0.2, -0.15) is 0 Å². The highest BCUT2D eigenvalue weighted by Crippen LogP contribution is 2.34. The van der Waals surface area contributed by atoms with Crippen molar-refractivity contribution in [3.05, 3.63) is 71.4 Å². The number of carbonyl (C=O) groups excluding carboxylic acids is 2. The number of aromatic nitrogens is 1. The van der Waals surface area contributed by atoms with Crippen LogP contribution >= 0.6 is 11.8 Å². The molecular formula is C23H20N2O5S. The lowest BCUT2D eigenvalue weighted by Crippen LogP contribution is -2.15. The lowest BCUT2D eigenvalue weighted by molar-refractivity contribution is -0.113. The molecule has 2 aromatic carbocycles. The van der Waals surface area contributed by atoms with Crippen LogP contribution in [0.15, 0.2) is 59.8 Å². The fraction of sp³-hybridized carbons (Fsp3) is 0.174. The fourth-order valence-electron chi connectivity index (χ4n) is 3.04. The van der Waals surface area contributed by atoms with E-state index in [1.807, 2.05) is 26.0 Å². The number of thioether (sulfide) groups is 1. The smallest absolute Gasteiger partial charge is 0.346 e. The normalized spacial score (nSPS) is 11.8. The number of aryl methyl sites for hydroxylation is 2. The monoisotopic (exact) mass is 436 g/mol. The molecule has 1 amide bonds. The maximum atomic E-state index is 12.7. The second kappa shape index (κ2) is 9.09. The number of rotatable bonds is 6. The molecule has 4 rings (SSSR count). The molecule has 0 saturated heterocycles. The van der Waals surface area contributed by atoms with Gasteiger partial charge in [0.15, 0.2) is 11.5 Å². The van der Waals surface area contributed by atoms with Gasteiger partial charge in [0.25, 0.3) is 0 Å². The summed E-state index contributed by atoms with van der Waals surface area (Å²) in [5, 5.41) is 3.23. The molecule has 0 unspecified atom stereocenters. The molecule has 8 heteroatoms. The summed E-state index contributed by atoms with van der Waals surface area (Å²) in [4.78, 5) is 29.4. The Morgan fingerprint density at radius 2 is 1.94 bits per heavy atom. The highest BCUT2D eigenvalue weighted by molar-refractivity contribution is 8.00. The number of anilines is 1. The molecule has 1 N–H and O–H groups in total. The average molecular weight is 436 g/mol. The summed E-state index contributed by atoms with van der Waals surface area (Å²) in [5.41, 5.74) is 2.87. The Balaban J connectivity index is 1.40. The zero-order valence-electron chi connectivity index (χ0n) is 17.0. The number of esters is 1. The van der Waals surface area contributed by atoms with E-state index in [4.69, 9.17) is 14.2 Å². The summed E-state index contributed by atoms with van der Waals surface area (Å²) >= 11 is 1.17. The van der Waals surface area contributed by atoms with E-state index in [0.29, 0.717) is 33.5 Å². The molecule has 158 valence electrons. The van der Waals surface area contributed by atoms with Crippen molar-refractivity contribution in [1.82, 2.24) is 4.98 Å². The Kier molecular flexibility index (Phi) is 6.08. The zero-order valence-corrected chi connectivity index (χ0v) is 17.8. The van der Waals surface area contributed by atoms with E-state index in [0.717, 1.165) is 11.1 Å². The first-order chi connectivity index (χ1) is 15.0. The standard InChI is InChI=1S/C23H20N2O5S/c1-14-5-7-18(15(2)10-14)30-23(27)17-4-3-9-24-22(17)31-12-21(26)25-16-6-8-19-20(11-16)29-13-28-19/h3-11H,12-13H2,1-2H3,(H,25,26). The van der Waals surface area contributed by atoms with Crippen molar-refractivity contribution < 1.29 is 23.8 Å². The number of nitrogens with zero attached hydrogens (tertiary/aromatic N) is 1. The molecule has 0 saturated carbocycles. The quantitative estimate of drug-likeness (QED) is 0.349. The van der Waals surface area contributed by atoms with Gasteiger partial charge in [0, 0.05) is 18.0 Å². The van der Waals surface area contributed by atoms with E-state index in [-0.39, 0.29) is 18.5 Å². The molecule has 0 radical (unpaired) electrons. The largest absolute Gasteiger partial charge is 0.454 e. The number of amides is 1. The molecule has 1 aromatic heterocycles. The zero-order chi connectivity index (χ0) is 21.8. The number of benzene rings is 2. The van der Waals surface area contributed by atoms with Crippen molar-refractivity contribution in [3.8, 4) is 17.2 Å². The third-order valence-corrected chi connectivity index (χ3v) is 5.53. The van der Waals surface area contributed by atoms with Crippen LogP contribution < -0.4 is 19.5 Å². The number of hydrogen-bond acceptors (Lipinski definition) is 7. The summed E-state index contributed by atoms with van der Waals surface area (Å²) in [6.45, 7) is 4.03. The highest BCUT2D eigenvalue weighted by atomic mass is 32.2. The summed E-state index contributed by atoms with van der Waals surface area (Å²) in [7, 11) is 0. The van der Waals surface area contributed by atoms with Crippen molar-refractivity contribution in [2.75, 3.05) is 17.9 Å². The topological polar surface area (TPSA) is 86.8 Å². The van der Waals surface area contributed by atoms with Crippen LogP contribution in [0.1, 0.15) is 21.5 Å². The van der Waals surface area contributed by atoms with Gasteiger partial charge in [-0.15, -0.1) is 0 Å². The molecule has 0 aliphatic carbocycles. The summed E-state index contributed by atoms with van der Waals surface area (Å²) in [6, 6.07) is 14.1. The molecule has 7 nitrogen and oxygen atoms in total. The van der Waals surface area contributed by atoms with Gasteiger partial charge >= 0.3 is 5.97 Å². The summed E-state index contributed by atoms with van der Waals surface area (Å²) in [6.07, 6.45) is 1.58. The van der Waals surface area contributed by atoms with E-state index in [1.165, 1.54) is 11.8 Å². The second-order valence-electron chi connectivity index (χ2n) is 6.92. The van der Waals surface area contributed by atoms with Crippen molar-refractivity contribution in [1.29, 1.82) is 0 Å². The van der Waals surface area contributed by atoms with E-state index in [1.54, 1.807) is 42.6 Å². The SMILES string of the molecule is Cc1ccc(OC(=O)c2cccnc2SCC(=O)Nc2ccc3c(c2)OCO3)c(C)c1. The number of ether oxygens (including phenoxy) is 3. The first kappa shape index (κ1) is 20.7. The Morgan fingerprint density at radius 3 is 2.77 bits per heavy atom. The first-order valence-electron chi connectivity index (χ1n) is 9.56. The average Bonchev–Trinajstić information content (AvgIpc) is 3.22. The van der Waals surface area contributed by atoms with Gasteiger partial charge in [0.1, 0.15) is 10.8 Å². The minimum atomic E-state index is -0.515. The van der Waals surface area contributed by atoms with Crippen molar-refractivity contribution >= 4 is 29.3 Å². The molecule has 0 fully saturated rings. The number of fused-ring (bicyclic) bond motifs is 1. The minimum absolute atomic E-state index is 0.0787. The minimum Gasteiger partial charge on any atom is -0.454 e. The highest BCUT2D eigenvalue weighted by Gasteiger charge is 2.18. The van der Waals surface area contributed by atoms with Gasteiger partial charge in [0.05, 0.1) is 11.3 Å². The van der Waals surface area contributed by atoms with Crippen LogP contribution in [0.3, 0.4) is 0 Å². The number of nitrogens with one attached hydrogen (secondary N) is 1. The number of hydrogen-bond donors (Lipinski definition) is 1. The van der Waals surface area contributed by atoms with E-state index >= 15 is 0 Å². The molecule has 1 aliphatic heterocycles. The predicted octanol–water partition coefficient (Wildman–Crippen LogP) is 4.38. The maximum Gasteiger partial charge on any atom is 0.346 e. The van der Waals surface area contributed by atoms with E-state index in [2.05, 4.69) is 10.3 Å². The van der Waals surface area contributed by atoms with Crippen LogP contribution in [-0.4, -0.2) is 29.4 Å². The lowest BCUT2D eigenvalue weighted by Gasteiger charge is -2.10. The number of pyridine rings is 1. The third kappa shape index (κ3) is 4.97. The van der Waals surface area contributed by atoms with Gasteiger partial charge in [0.2, 0.25) is 12.7 Å². The van der Waals surface area contributed by atoms with Crippen molar-refractivity contribution in [3.63, 3.8) is 0 Å². The molecule has 0 bridgehead atoms. The number of carbonyl (C=O) groups is 2. The van der Waals surface area contributed by atoms with Gasteiger partial charge in [-0.1, -0.05) is 29.5 Å². The Labute approximate surface area is 183 Å². The molecule has 0 spiro atoms. The van der Waals surface area contributed by atoms with Crippen LogP contribution in [0.4, 0.5) is 5.69 Å². The van der Waals surface area contributed by atoms with E-state index < -0.39 is 5.97 Å². The van der Waals surface area contributed by atoms with Crippen LogP contribution in [0.2, 0.25) is 0 Å². The Bertz CT molecular complexity index is 1150. The first-order valence-corrected chi connectivity index (χ1v) is 10.5.